The molecule has 39 heavy (non-hydrogen) atoms. The normalized spacial score (nSPS) is 20.4. The molecule has 0 atom stereocenters. The number of carbonyl (C=O) groups excluding carboxylic acids is 1. The second-order valence-electron chi connectivity index (χ2n) is 10.7. The lowest BCUT2D eigenvalue weighted by molar-refractivity contribution is -0.138. The number of ether oxygens (including phenoxy) is 1. The standard InChI is InChI=1S/C27H26F5N5O2/c1-35-16-33-34-23(35)10-25(14-39-15-25)18-3-2-4-19(9-18)37-12-21-20(24(37)38)7-17(8-22(21)27(30,31)32)11-36-6-5-26(28,29)13-36/h2-4,7-9,16H,5-6,10-15H2,1H3. The topological polar surface area (TPSA) is 63.5 Å². The molecule has 3 aliphatic rings. The van der Waals surface area contributed by atoms with Gasteiger partial charge >= 0.3 is 6.18 Å². The molecule has 0 unspecified atom stereocenters. The van der Waals surface area contributed by atoms with Gasteiger partial charge in [-0.1, -0.05) is 12.1 Å². The summed E-state index contributed by atoms with van der Waals surface area (Å²) in [4.78, 5) is 16.2. The van der Waals surface area contributed by atoms with E-state index in [9.17, 15) is 26.7 Å². The average molecular weight is 548 g/mol. The fourth-order valence-corrected chi connectivity index (χ4v) is 5.71. The first kappa shape index (κ1) is 25.9. The van der Waals surface area contributed by atoms with Gasteiger partial charge in [0.15, 0.2) is 0 Å². The molecule has 3 aliphatic heterocycles. The van der Waals surface area contributed by atoms with Crippen molar-refractivity contribution in [1.29, 1.82) is 0 Å². The van der Waals surface area contributed by atoms with Crippen LogP contribution in [0, 0.1) is 0 Å². The van der Waals surface area contributed by atoms with Crippen LogP contribution in [0.25, 0.3) is 0 Å². The van der Waals surface area contributed by atoms with Crippen molar-refractivity contribution in [2.45, 2.75) is 43.4 Å². The van der Waals surface area contributed by atoms with Crippen molar-refractivity contribution in [2.24, 2.45) is 7.05 Å². The third kappa shape index (κ3) is 4.69. The Bertz CT molecular complexity index is 1430. The van der Waals surface area contributed by atoms with E-state index < -0.39 is 35.5 Å². The van der Waals surface area contributed by atoms with Gasteiger partial charge in [0.05, 0.1) is 31.9 Å². The Morgan fingerprint density at radius 2 is 1.92 bits per heavy atom. The number of anilines is 1. The van der Waals surface area contributed by atoms with E-state index in [4.69, 9.17) is 4.74 Å². The molecule has 0 N–H and O–H groups in total. The molecule has 0 aliphatic carbocycles. The molecule has 1 amide bonds. The minimum Gasteiger partial charge on any atom is -0.379 e. The monoisotopic (exact) mass is 547 g/mol. The molecule has 1 aromatic heterocycles. The zero-order valence-corrected chi connectivity index (χ0v) is 21.1. The number of amides is 1. The Morgan fingerprint density at radius 1 is 1.13 bits per heavy atom. The molecule has 206 valence electrons. The zero-order chi connectivity index (χ0) is 27.6. The van der Waals surface area contributed by atoms with E-state index in [0.29, 0.717) is 25.3 Å². The minimum absolute atomic E-state index is 0.0445. The first-order chi connectivity index (χ1) is 18.4. The Kier molecular flexibility index (Phi) is 6.03. The zero-order valence-electron chi connectivity index (χ0n) is 21.1. The van der Waals surface area contributed by atoms with Gasteiger partial charge in [-0.25, -0.2) is 8.78 Å². The molecule has 2 saturated heterocycles. The SMILES string of the molecule is Cn1cnnc1CC1(c2cccc(N3Cc4c(cc(CN5CCC(F)(F)C5)cc4C(F)(F)F)C3=O)c2)COC1. The fourth-order valence-electron chi connectivity index (χ4n) is 5.71. The number of likely N-dealkylation sites (tertiary alicyclic amines) is 1. The van der Waals surface area contributed by atoms with Crippen molar-refractivity contribution in [1.82, 2.24) is 19.7 Å². The van der Waals surface area contributed by atoms with E-state index in [1.165, 1.54) is 15.9 Å². The van der Waals surface area contributed by atoms with Crippen LogP contribution in [0.15, 0.2) is 42.7 Å². The van der Waals surface area contributed by atoms with Gasteiger partial charge in [0.25, 0.3) is 11.8 Å². The number of benzene rings is 2. The number of nitrogens with zero attached hydrogens (tertiary/aromatic N) is 5. The molecule has 12 heteroatoms. The van der Waals surface area contributed by atoms with Gasteiger partial charge in [0, 0.05) is 49.6 Å². The van der Waals surface area contributed by atoms with Crippen LogP contribution in [-0.2, 0) is 42.9 Å². The summed E-state index contributed by atoms with van der Waals surface area (Å²) in [7, 11) is 1.85. The maximum Gasteiger partial charge on any atom is 0.416 e. The summed E-state index contributed by atoms with van der Waals surface area (Å²) in [5.41, 5.74) is 0.118. The van der Waals surface area contributed by atoms with Crippen LogP contribution < -0.4 is 4.90 Å². The Morgan fingerprint density at radius 3 is 2.54 bits per heavy atom. The Hall–Kier alpha value is -3.38. The number of alkyl halides is 5. The number of rotatable bonds is 6. The van der Waals surface area contributed by atoms with Crippen molar-refractivity contribution < 1.29 is 31.5 Å². The first-order valence-corrected chi connectivity index (χ1v) is 12.6. The summed E-state index contributed by atoms with van der Waals surface area (Å²) >= 11 is 0. The number of aromatic nitrogens is 3. The summed E-state index contributed by atoms with van der Waals surface area (Å²) in [6.45, 7) is 0.125. The van der Waals surface area contributed by atoms with Gasteiger partial charge in [-0.2, -0.15) is 13.2 Å². The highest BCUT2D eigenvalue weighted by Gasteiger charge is 2.44. The molecule has 7 nitrogen and oxygen atoms in total. The Balaban J connectivity index is 1.31. The summed E-state index contributed by atoms with van der Waals surface area (Å²) in [6.07, 6.45) is -2.87. The predicted octanol–water partition coefficient (Wildman–Crippen LogP) is 4.35. The molecule has 0 bridgehead atoms. The van der Waals surface area contributed by atoms with E-state index >= 15 is 0 Å². The number of halogens is 5. The maximum absolute atomic E-state index is 14.1. The molecule has 0 saturated carbocycles. The van der Waals surface area contributed by atoms with Crippen LogP contribution in [0.4, 0.5) is 27.6 Å². The second-order valence-corrected chi connectivity index (χ2v) is 10.7. The van der Waals surface area contributed by atoms with Crippen LogP contribution in [0.3, 0.4) is 0 Å². The second kappa shape index (κ2) is 9.09. The molecular formula is C27H26F5N5O2. The minimum atomic E-state index is -4.70. The predicted molar refractivity (Wildman–Crippen MR) is 130 cm³/mol. The van der Waals surface area contributed by atoms with Crippen LogP contribution in [0.5, 0.6) is 0 Å². The average Bonchev–Trinajstić information content (AvgIpc) is 3.52. The molecular weight excluding hydrogens is 521 g/mol. The number of carbonyl (C=O) groups is 1. The number of hydrogen-bond donors (Lipinski definition) is 0. The van der Waals surface area contributed by atoms with Crippen molar-refractivity contribution in [2.75, 3.05) is 31.2 Å². The van der Waals surface area contributed by atoms with Gasteiger partial charge in [0.2, 0.25) is 0 Å². The highest BCUT2D eigenvalue weighted by Crippen LogP contribution is 2.42. The van der Waals surface area contributed by atoms with Crippen molar-refractivity contribution >= 4 is 11.6 Å². The molecule has 2 fully saturated rings. The number of aryl methyl sites for hydroxylation is 1. The molecule has 3 aromatic rings. The fraction of sp³-hybridized carbons (Fsp3) is 0.444. The quantitative estimate of drug-likeness (QED) is 0.430. The summed E-state index contributed by atoms with van der Waals surface area (Å²) < 4.78 is 77.0. The molecule has 4 heterocycles. The molecule has 2 aromatic carbocycles. The number of fused-ring (bicyclic) bond motifs is 1. The highest BCUT2D eigenvalue weighted by atomic mass is 19.4. The van der Waals surface area contributed by atoms with Crippen molar-refractivity contribution in [3.05, 3.63) is 76.4 Å². The lowest BCUT2D eigenvalue weighted by atomic mass is 9.75. The molecule has 0 spiro atoms. The van der Waals surface area contributed by atoms with Gasteiger partial charge in [-0.15, -0.1) is 10.2 Å². The third-order valence-electron chi connectivity index (χ3n) is 7.89. The number of hydrogen-bond acceptors (Lipinski definition) is 5. The van der Waals surface area contributed by atoms with Crippen molar-refractivity contribution in [3.8, 4) is 0 Å². The van der Waals surface area contributed by atoms with Gasteiger partial charge in [-0.3, -0.25) is 9.69 Å². The smallest absolute Gasteiger partial charge is 0.379 e. The molecule has 6 rings (SSSR count). The Labute approximate surface area is 221 Å². The van der Waals surface area contributed by atoms with Crippen LogP contribution in [0.1, 0.15) is 44.9 Å². The molecule has 0 radical (unpaired) electrons. The van der Waals surface area contributed by atoms with Crippen LogP contribution >= 0.6 is 0 Å². The van der Waals surface area contributed by atoms with Gasteiger partial charge in [0.1, 0.15) is 12.2 Å². The van der Waals surface area contributed by atoms with E-state index in [0.717, 1.165) is 17.5 Å². The van der Waals surface area contributed by atoms with Gasteiger partial charge in [-0.05, 0) is 41.0 Å². The summed E-state index contributed by atoms with van der Waals surface area (Å²) in [5, 5.41) is 8.11. The van der Waals surface area contributed by atoms with Gasteiger partial charge < -0.3 is 14.2 Å². The summed E-state index contributed by atoms with van der Waals surface area (Å²) in [6, 6.07) is 9.63. The highest BCUT2D eigenvalue weighted by molar-refractivity contribution is 6.10. The lowest BCUT2D eigenvalue weighted by Gasteiger charge is -2.42. The third-order valence-corrected chi connectivity index (χ3v) is 7.89. The van der Waals surface area contributed by atoms with E-state index in [1.807, 2.05) is 23.7 Å². The van der Waals surface area contributed by atoms with Crippen LogP contribution in [0.2, 0.25) is 0 Å². The van der Waals surface area contributed by atoms with Crippen molar-refractivity contribution in [3.63, 3.8) is 0 Å². The van der Waals surface area contributed by atoms with E-state index in [2.05, 4.69) is 10.2 Å². The lowest BCUT2D eigenvalue weighted by Crippen LogP contribution is -2.49. The van der Waals surface area contributed by atoms with Crippen LogP contribution in [-0.4, -0.2) is 57.8 Å². The first-order valence-electron chi connectivity index (χ1n) is 12.6. The van der Waals surface area contributed by atoms with E-state index in [-0.39, 0.29) is 42.7 Å². The summed E-state index contributed by atoms with van der Waals surface area (Å²) in [5.74, 6) is -2.64. The largest absolute Gasteiger partial charge is 0.416 e. The van der Waals surface area contributed by atoms with E-state index in [1.54, 1.807) is 18.5 Å². The maximum atomic E-state index is 14.1.